The number of methoxy groups -OCH3 is 1. The van der Waals surface area contributed by atoms with Crippen molar-refractivity contribution < 1.29 is 9.26 Å². The smallest absolute Gasteiger partial charge is 0.258 e. The molecule has 114 valence electrons. The standard InChI is InChI=1S/C16H16ClN3O2/c1-9-4-5-11(7-13(9)21-3)15-19-16(22-20-15)12-6-10(2)18-14(17)8-12/h4-8,14,18H,1-3H3. The van der Waals surface area contributed by atoms with Crippen LogP contribution >= 0.6 is 11.6 Å². The van der Waals surface area contributed by atoms with E-state index in [4.69, 9.17) is 20.9 Å². The Balaban J connectivity index is 1.94. The fourth-order valence-corrected chi connectivity index (χ4v) is 2.60. The number of hydrogen-bond acceptors (Lipinski definition) is 5. The zero-order valence-corrected chi connectivity index (χ0v) is 13.3. The lowest BCUT2D eigenvalue weighted by molar-refractivity contribution is 0.407. The zero-order chi connectivity index (χ0) is 15.7. The lowest BCUT2D eigenvalue weighted by atomic mass is 10.1. The summed E-state index contributed by atoms with van der Waals surface area (Å²) in [6.07, 6.45) is 3.76. The summed E-state index contributed by atoms with van der Waals surface area (Å²) in [6, 6.07) is 5.80. The van der Waals surface area contributed by atoms with Crippen molar-refractivity contribution in [2.24, 2.45) is 0 Å². The van der Waals surface area contributed by atoms with E-state index in [1.54, 1.807) is 7.11 Å². The first-order chi connectivity index (χ1) is 10.6. The third-order valence-corrected chi connectivity index (χ3v) is 3.64. The Morgan fingerprint density at radius 2 is 2.14 bits per heavy atom. The van der Waals surface area contributed by atoms with Crippen LogP contribution in [0.25, 0.3) is 17.0 Å². The maximum Gasteiger partial charge on any atom is 0.258 e. The van der Waals surface area contributed by atoms with Crippen molar-refractivity contribution in [1.82, 2.24) is 15.5 Å². The summed E-state index contributed by atoms with van der Waals surface area (Å²) in [7, 11) is 1.64. The number of benzene rings is 1. The molecule has 0 bridgehead atoms. The van der Waals surface area contributed by atoms with Gasteiger partial charge in [-0.15, -0.1) is 0 Å². The molecule has 0 saturated carbocycles. The molecular weight excluding hydrogens is 302 g/mol. The van der Waals surface area contributed by atoms with Crippen LogP contribution in [-0.2, 0) is 0 Å². The number of ether oxygens (including phenoxy) is 1. The van der Waals surface area contributed by atoms with E-state index in [0.29, 0.717) is 11.7 Å². The fourth-order valence-electron chi connectivity index (χ4n) is 2.29. The van der Waals surface area contributed by atoms with Gasteiger partial charge in [-0.1, -0.05) is 28.9 Å². The maximum atomic E-state index is 6.10. The van der Waals surface area contributed by atoms with Crippen LogP contribution in [0, 0.1) is 6.92 Å². The number of aryl methyl sites for hydroxylation is 1. The topological polar surface area (TPSA) is 60.2 Å². The molecule has 2 heterocycles. The van der Waals surface area contributed by atoms with E-state index in [-0.39, 0.29) is 5.50 Å². The van der Waals surface area contributed by atoms with E-state index < -0.39 is 0 Å². The van der Waals surface area contributed by atoms with Gasteiger partial charge in [0.1, 0.15) is 11.3 Å². The highest BCUT2D eigenvalue weighted by molar-refractivity contribution is 6.22. The second-order valence-electron chi connectivity index (χ2n) is 5.10. The van der Waals surface area contributed by atoms with Crippen molar-refractivity contribution in [2.45, 2.75) is 19.3 Å². The molecule has 2 aromatic rings. The lowest BCUT2D eigenvalue weighted by Crippen LogP contribution is -2.22. The first-order valence-electron chi connectivity index (χ1n) is 6.86. The Morgan fingerprint density at radius 3 is 2.86 bits per heavy atom. The van der Waals surface area contributed by atoms with E-state index in [2.05, 4.69) is 15.5 Å². The molecule has 0 radical (unpaired) electrons. The van der Waals surface area contributed by atoms with Crippen LogP contribution in [0.5, 0.6) is 5.75 Å². The first kappa shape index (κ1) is 14.7. The number of nitrogens with one attached hydrogen (secondary N) is 1. The van der Waals surface area contributed by atoms with Crippen LogP contribution in [0.3, 0.4) is 0 Å². The molecule has 0 fully saturated rings. The molecule has 1 aliphatic heterocycles. The van der Waals surface area contributed by atoms with Crippen molar-refractivity contribution >= 4 is 17.2 Å². The predicted octanol–water partition coefficient (Wildman–Crippen LogP) is 3.51. The molecule has 1 N–H and O–H groups in total. The number of halogens is 1. The van der Waals surface area contributed by atoms with Crippen molar-refractivity contribution in [3.05, 3.63) is 47.5 Å². The number of rotatable bonds is 3. The molecule has 0 saturated heterocycles. The maximum absolute atomic E-state index is 6.10. The average Bonchev–Trinajstić information content (AvgIpc) is 2.96. The van der Waals surface area contributed by atoms with E-state index in [9.17, 15) is 0 Å². The summed E-state index contributed by atoms with van der Waals surface area (Å²) < 4.78 is 10.7. The van der Waals surface area contributed by atoms with Crippen LogP contribution < -0.4 is 10.1 Å². The average molecular weight is 318 g/mol. The molecule has 6 heteroatoms. The Labute approximate surface area is 133 Å². The van der Waals surface area contributed by atoms with Gasteiger partial charge in [0.25, 0.3) is 5.89 Å². The zero-order valence-electron chi connectivity index (χ0n) is 12.6. The fraction of sp³-hybridized carbons (Fsp3) is 0.250. The Morgan fingerprint density at radius 1 is 1.32 bits per heavy atom. The monoisotopic (exact) mass is 317 g/mol. The lowest BCUT2D eigenvalue weighted by Gasteiger charge is -2.15. The van der Waals surface area contributed by atoms with Gasteiger partial charge >= 0.3 is 0 Å². The normalized spacial score (nSPS) is 17.5. The minimum absolute atomic E-state index is 0.283. The Bertz CT molecular complexity index is 765. The molecule has 1 aromatic carbocycles. The summed E-state index contributed by atoms with van der Waals surface area (Å²) in [5.74, 6) is 1.76. The summed E-state index contributed by atoms with van der Waals surface area (Å²) in [5, 5.41) is 7.12. The van der Waals surface area contributed by atoms with E-state index in [0.717, 1.165) is 28.1 Å². The highest BCUT2D eigenvalue weighted by Crippen LogP contribution is 2.27. The molecule has 22 heavy (non-hydrogen) atoms. The van der Waals surface area contributed by atoms with Crippen LogP contribution in [-0.4, -0.2) is 22.8 Å². The highest BCUT2D eigenvalue weighted by Gasteiger charge is 2.17. The van der Waals surface area contributed by atoms with E-state index >= 15 is 0 Å². The van der Waals surface area contributed by atoms with Gasteiger partial charge in [-0.3, -0.25) is 0 Å². The number of dihydropyridines is 1. The summed E-state index contributed by atoms with van der Waals surface area (Å²) in [5.41, 5.74) is 3.38. The van der Waals surface area contributed by atoms with Crippen LogP contribution in [0.4, 0.5) is 0 Å². The van der Waals surface area contributed by atoms with Crippen molar-refractivity contribution in [3.63, 3.8) is 0 Å². The largest absolute Gasteiger partial charge is 0.496 e. The molecule has 0 aliphatic carbocycles. The van der Waals surface area contributed by atoms with Crippen molar-refractivity contribution in [2.75, 3.05) is 7.11 Å². The van der Waals surface area contributed by atoms with Crippen LogP contribution in [0.2, 0.25) is 0 Å². The number of hydrogen-bond donors (Lipinski definition) is 1. The number of alkyl halides is 1. The van der Waals surface area contributed by atoms with Gasteiger partial charge < -0.3 is 14.6 Å². The third-order valence-electron chi connectivity index (χ3n) is 3.40. The second kappa shape index (κ2) is 5.85. The minimum Gasteiger partial charge on any atom is -0.496 e. The summed E-state index contributed by atoms with van der Waals surface area (Å²) >= 11 is 6.10. The molecule has 1 atom stereocenters. The SMILES string of the molecule is COc1cc(-c2noc(C3=CC(Cl)NC(C)=C3)n2)ccc1C. The highest BCUT2D eigenvalue weighted by atomic mass is 35.5. The van der Waals surface area contributed by atoms with Gasteiger partial charge in [0.05, 0.1) is 7.11 Å². The number of nitrogens with zero attached hydrogens (tertiary/aromatic N) is 2. The van der Waals surface area contributed by atoms with Gasteiger partial charge in [-0.25, -0.2) is 0 Å². The van der Waals surface area contributed by atoms with Gasteiger partial charge in [-0.05, 0) is 37.6 Å². The van der Waals surface area contributed by atoms with Crippen LogP contribution in [0.1, 0.15) is 18.4 Å². The molecule has 1 aliphatic rings. The van der Waals surface area contributed by atoms with Gasteiger partial charge in [0, 0.05) is 16.8 Å². The molecule has 3 rings (SSSR count). The van der Waals surface area contributed by atoms with E-state index in [1.807, 2.05) is 44.2 Å². The quantitative estimate of drug-likeness (QED) is 0.693. The van der Waals surface area contributed by atoms with Gasteiger partial charge in [-0.2, -0.15) is 4.98 Å². The van der Waals surface area contributed by atoms with Crippen molar-refractivity contribution in [1.29, 1.82) is 0 Å². The predicted molar refractivity (Wildman–Crippen MR) is 85.5 cm³/mol. The molecule has 1 aromatic heterocycles. The Kier molecular flexibility index (Phi) is 3.90. The van der Waals surface area contributed by atoms with E-state index in [1.165, 1.54) is 0 Å². The first-order valence-corrected chi connectivity index (χ1v) is 7.30. The molecule has 0 spiro atoms. The second-order valence-corrected chi connectivity index (χ2v) is 5.57. The number of allylic oxidation sites excluding steroid dienone is 3. The van der Waals surface area contributed by atoms with Crippen LogP contribution in [0.15, 0.2) is 40.6 Å². The molecule has 5 nitrogen and oxygen atoms in total. The molecule has 1 unspecified atom stereocenters. The minimum atomic E-state index is -0.283. The van der Waals surface area contributed by atoms with Gasteiger partial charge in [0.2, 0.25) is 5.82 Å². The van der Waals surface area contributed by atoms with Crippen molar-refractivity contribution in [3.8, 4) is 17.1 Å². The summed E-state index contributed by atoms with van der Waals surface area (Å²) in [6.45, 7) is 3.92. The summed E-state index contributed by atoms with van der Waals surface area (Å²) in [4.78, 5) is 4.45. The molecule has 0 amide bonds. The van der Waals surface area contributed by atoms with Gasteiger partial charge in [0.15, 0.2) is 0 Å². The third kappa shape index (κ3) is 2.85. The Hall–Kier alpha value is -2.27. The number of aromatic nitrogens is 2. The molecular formula is C16H16ClN3O2.